The molecule has 1 fully saturated rings. The number of carbonyl (C=O) groups excluding carboxylic acids is 2. The molecule has 0 saturated carbocycles. The fourth-order valence-electron chi connectivity index (χ4n) is 3.51. The highest BCUT2D eigenvalue weighted by atomic mass is 32.2. The number of hydrogen-bond acceptors (Lipinski definition) is 6. The lowest BCUT2D eigenvalue weighted by molar-refractivity contribution is -0.118. The van der Waals surface area contributed by atoms with Crippen molar-refractivity contribution in [3.63, 3.8) is 0 Å². The van der Waals surface area contributed by atoms with Gasteiger partial charge in [-0.05, 0) is 61.4 Å². The molecule has 0 bridgehead atoms. The molecule has 0 aliphatic carbocycles. The lowest BCUT2D eigenvalue weighted by Crippen LogP contribution is -2.28. The quantitative estimate of drug-likeness (QED) is 0.327. The first kappa shape index (κ1) is 24.5. The Hall–Kier alpha value is -3.62. The van der Waals surface area contributed by atoms with Crippen molar-refractivity contribution in [3.8, 4) is 11.5 Å². The summed E-state index contributed by atoms with van der Waals surface area (Å²) in [5, 5.41) is 2.80. The van der Waals surface area contributed by atoms with E-state index < -0.39 is 0 Å². The van der Waals surface area contributed by atoms with Crippen molar-refractivity contribution in [2.45, 2.75) is 13.8 Å². The van der Waals surface area contributed by atoms with Crippen LogP contribution in [0, 0.1) is 13.8 Å². The van der Waals surface area contributed by atoms with Gasteiger partial charge in [0.05, 0.1) is 17.7 Å². The van der Waals surface area contributed by atoms with Crippen LogP contribution in [0.25, 0.3) is 6.08 Å². The summed E-state index contributed by atoms with van der Waals surface area (Å²) in [5.74, 6) is 0.439. The first-order valence-corrected chi connectivity index (χ1v) is 12.1. The van der Waals surface area contributed by atoms with E-state index in [0.717, 1.165) is 22.4 Å². The molecule has 2 amide bonds. The van der Waals surface area contributed by atoms with Crippen LogP contribution in [-0.4, -0.2) is 29.9 Å². The molecule has 0 radical (unpaired) electrons. The molecule has 178 valence electrons. The predicted octanol–water partition coefficient (Wildman–Crippen LogP) is 5.74. The third kappa shape index (κ3) is 5.72. The Labute approximate surface area is 213 Å². The van der Waals surface area contributed by atoms with Gasteiger partial charge in [0.25, 0.3) is 11.8 Å². The lowest BCUT2D eigenvalue weighted by atomic mass is 10.1. The molecular weight excluding hydrogens is 480 g/mol. The largest absolute Gasteiger partial charge is 0.493 e. The number of para-hydroxylation sites is 1. The van der Waals surface area contributed by atoms with E-state index in [1.165, 1.54) is 18.9 Å². The van der Waals surface area contributed by atoms with Crippen LogP contribution < -0.4 is 19.7 Å². The number of nitrogens with one attached hydrogen (secondary N) is 1. The number of thioether (sulfide) groups is 1. The maximum absolute atomic E-state index is 13.1. The van der Waals surface area contributed by atoms with Crippen molar-refractivity contribution < 1.29 is 19.1 Å². The van der Waals surface area contributed by atoms with E-state index in [-0.39, 0.29) is 18.4 Å². The summed E-state index contributed by atoms with van der Waals surface area (Å²) in [6, 6.07) is 20.4. The summed E-state index contributed by atoms with van der Waals surface area (Å²) in [6.45, 7) is 3.76. The number of hydrogen-bond donors (Lipinski definition) is 1. The summed E-state index contributed by atoms with van der Waals surface area (Å²) in [6.07, 6.45) is 1.77. The highest BCUT2D eigenvalue weighted by Gasteiger charge is 2.34. The fraction of sp³-hybridized carbons (Fsp3) is 0.148. The van der Waals surface area contributed by atoms with Crippen molar-refractivity contribution in [2.24, 2.45) is 0 Å². The van der Waals surface area contributed by atoms with E-state index >= 15 is 0 Å². The minimum atomic E-state index is -0.278. The second-order valence-electron chi connectivity index (χ2n) is 7.92. The molecule has 0 unspecified atom stereocenters. The van der Waals surface area contributed by atoms with Crippen LogP contribution in [0.1, 0.15) is 16.7 Å². The van der Waals surface area contributed by atoms with Crippen LogP contribution in [0.3, 0.4) is 0 Å². The summed E-state index contributed by atoms with van der Waals surface area (Å²) in [4.78, 5) is 27.4. The van der Waals surface area contributed by atoms with Crippen molar-refractivity contribution in [1.82, 2.24) is 0 Å². The van der Waals surface area contributed by atoms with E-state index in [0.29, 0.717) is 26.4 Å². The van der Waals surface area contributed by atoms with E-state index in [1.807, 2.05) is 62.4 Å². The Morgan fingerprint density at radius 1 is 1.06 bits per heavy atom. The third-order valence-corrected chi connectivity index (χ3v) is 6.63. The smallest absolute Gasteiger partial charge is 0.270 e. The van der Waals surface area contributed by atoms with Crippen molar-refractivity contribution in [1.29, 1.82) is 0 Å². The van der Waals surface area contributed by atoms with Crippen molar-refractivity contribution in [2.75, 3.05) is 23.9 Å². The SMILES string of the molecule is COc1cc(C=C2SC(=S)N(c3ccccc3C)C2=O)ccc1OCC(=O)Nc1ccc(C)cc1. The molecule has 0 atom stereocenters. The summed E-state index contributed by atoms with van der Waals surface area (Å²) >= 11 is 6.74. The molecule has 1 heterocycles. The Kier molecular flexibility index (Phi) is 7.53. The zero-order chi connectivity index (χ0) is 24.9. The highest BCUT2D eigenvalue weighted by Crippen LogP contribution is 2.38. The number of carbonyl (C=O) groups is 2. The van der Waals surface area contributed by atoms with Crippen LogP contribution in [0.4, 0.5) is 11.4 Å². The molecule has 4 rings (SSSR count). The molecule has 3 aromatic rings. The second-order valence-corrected chi connectivity index (χ2v) is 9.59. The van der Waals surface area contributed by atoms with E-state index in [2.05, 4.69) is 5.32 Å². The van der Waals surface area contributed by atoms with Crippen LogP contribution in [-0.2, 0) is 9.59 Å². The Morgan fingerprint density at radius 2 is 1.80 bits per heavy atom. The molecular formula is C27H24N2O4S2. The van der Waals surface area contributed by atoms with Crippen LogP contribution in [0.2, 0.25) is 0 Å². The minimum Gasteiger partial charge on any atom is -0.493 e. The number of ether oxygens (including phenoxy) is 2. The Bertz CT molecular complexity index is 1320. The van der Waals surface area contributed by atoms with Gasteiger partial charge in [0.1, 0.15) is 0 Å². The topological polar surface area (TPSA) is 67.9 Å². The lowest BCUT2D eigenvalue weighted by Gasteiger charge is -2.16. The summed E-state index contributed by atoms with van der Waals surface area (Å²) in [5.41, 5.74) is 4.32. The molecule has 1 N–H and O–H groups in total. The molecule has 0 spiro atoms. The van der Waals surface area contributed by atoms with E-state index in [4.69, 9.17) is 21.7 Å². The zero-order valence-electron chi connectivity index (χ0n) is 19.5. The van der Waals surface area contributed by atoms with Gasteiger partial charge in [-0.3, -0.25) is 14.5 Å². The van der Waals surface area contributed by atoms with Gasteiger partial charge in [0, 0.05) is 5.69 Å². The maximum atomic E-state index is 13.1. The molecule has 3 aromatic carbocycles. The first-order valence-electron chi connectivity index (χ1n) is 10.9. The van der Waals surface area contributed by atoms with Gasteiger partial charge in [-0.2, -0.15) is 0 Å². The number of benzene rings is 3. The van der Waals surface area contributed by atoms with Crippen molar-refractivity contribution in [3.05, 3.63) is 88.3 Å². The van der Waals surface area contributed by atoms with Crippen LogP contribution in [0.15, 0.2) is 71.6 Å². The second kappa shape index (κ2) is 10.8. The van der Waals surface area contributed by atoms with Gasteiger partial charge in [-0.1, -0.05) is 65.9 Å². The van der Waals surface area contributed by atoms with Gasteiger partial charge in [-0.15, -0.1) is 0 Å². The number of nitrogens with zero attached hydrogens (tertiary/aromatic N) is 1. The summed E-state index contributed by atoms with van der Waals surface area (Å²) < 4.78 is 11.6. The highest BCUT2D eigenvalue weighted by molar-refractivity contribution is 8.27. The standard InChI is InChI=1S/C27H24N2O4S2/c1-17-8-11-20(12-9-17)28-25(30)16-33-22-13-10-19(14-23(22)32-3)15-24-26(31)29(27(34)35-24)21-7-5-4-6-18(21)2/h4-15H,16H2,1-3H3,(H,28,30). The zero-order valence-corrected chi connectivity index (χ0v) is 21.2. The minimum absolute atomic E-state index is 0.165. The molecule has 1 saturated heterocycles. The summed E-state index contributed by atoms with van der Waals surface area (Å²) in [7, 11) is 1.52. The number of aryl methyl sites for hydroxylation is 2. The Morgan fingerprint density at radius 3 is 2.51 bits per heavy atom. The van der Waals surface area contributed by atoms with Gasteiger partial charge >= 0.3 is 0 Å². The maximum Gasteiger partial charge on any atom is 0.270 e. The number of thiocarbonyl (C=S) groups is 1. The van der Waals surface area contributed by atoms with Crippen molar-refractivity contribution >= 4 is 57.6 Å². The molecule has 6 nitrogen and oxygen atoms in total. The molecule has 35 heavy (non-hydrogen) atoms. The normalized spacial score (nSPS) is 14.4. The van der Waals surface area contributed by atoms with E-state index in [9.17, 15) is 9.59 Å². The number of rotatable bonds is 7. The molecule has 1 aliphatic rings. The predicted molar refractivity (Wildman–Crippen MR) is 145 cm³/mol. The molecule has 8 heteroatoms. The fourth-order valence-corrected chi connectivity index (χ4v) is 4.80. The molecule has 1 aliphatic heterocycles. The van der Waals surface area contributed by atoms with Gasteiger partial charge in [-0.25, -0.2) is 0 Å². The number of anilines is 2. The third-order valence-electron chi connectivity index (χ3n) is 5.33. The van der Waals surface area contributed by atoms with Gasteiger partial charge in [0.15, 0.2) is 22.4 Å². The monoisotopic (exact) mass is 504 g/mol. The van der Waals surface area contributed by atoms with Crippen LogP contribution in [0.5, 0.6) is 11.5 Å². The first-order chi connectivity index (χ1) is 16.9. The number of amides is 2. The average Bonchev–Trinajstić information content (AvgIpc) is 3.12. The van der Waals surface area contributed by atoms with Gasteiger partial charge in [0.2, 0.25) is 0 Å². The molecule has 0 aromatic heterocycles. The van der Waals surface area contributed by atoms with Crippen LogP contribution >= 0.6 is 24.0 Å². The van der Waals surface area contributed by atoms with Gasteiger partial charge < -0.3 is 14.8 Å². The van der Waals surface area contributed by atoms with E-state index in [1.54, 1.807) is 29.2 Å². The average molecular weight is 505 g/mol. The number of methoxy groups -OCH3 is 1. The Balaban J connectivity index is 1.46.